The molecule has 18 heavy (non-hydrogen) atoms. The van der Waals surface area contributed by atoms with Gasteiger partial charge in [0.25, 0.3) is 0 Å². The predicted octanol–water partition coefficient (Wildman–Crippen LogP) is 3.85. The number of carbonyl (C=O) groups is 1. The minimum atomic E-state index is 0.632. The van der Waals surface area contributed by atoms with Gasteiger partial charge >= 0.3 is 0 Å². The molecule has 1 aliphatic heterocycles. The third-order valence-corrected chi connectivity index (χ3v) is 3.41. The van der Waals surface area contributed by atoms with E-state index in [-0.39, 0.29) is 0 Å². The molecule has 0 saturated carbocycles. The second kappa shape index (κ2) is 4.56. The Balaban J connectivity index is 2.14. The first-order valence-corrected chi connectivity index (χ1v) is 6.10. The highest BCUT2D eigenvalue weighted by atomic mass is 35.5. The van der Waals surface area contributed by atoms with Crippen molar-refractivity contribution in [2.45, 2.75) is 13.2 Å². The fourth-order valence-corrected chi connectivity index (χ4v) is 2.39. The molecule has 0 atom stereocenters. The summed E-state index contributed by atoms with van der Waals surface area (Å²) in [6.45, 7) is 1.31. The predicted molar refractivity (Wildman–Crippen MR) is 70.8 cm³/mol. The second-order valence-corrected chi connectivity index (χ2v) is 4.76. The Bertz CT molecular complexity index is 620. The van der Waals surface area contributed by atoms with Gasteiger partial charge in [-0.15, -0.1) is 0 Å². The molecule has 0 spiro atoms. The van der Waals surface area contributed by atoms with Gasteiger partial charge < -0.3 is 4.74 Å². The van der Waals surface area contributed by atoms with Crippen molar-refractivity contribution < 1.29 is 9.53 Å². The Morgan fingerprint density at radius 1 is 1.06 bits per heavy atom. The van der Waals surface area contributed by atoms with Gasteiger partial charge in [-0.3, -0.25) is 4.79 Å². The summed E-state index contributed by atoms with van der Waals surface area (Å²) in [6.07, 6.45) is 0.857. The summed E-state index contributed by atoms with van der Waals surface area (Å²) in [5.74, 6) is 0. The van der Waals surface area contributed by atoms with Crippen LogP contribution in [-0.4, -0.2) is 6.29 Å². The number of rotatable bonds is 2. The molecular formula is C15H11ClO2. The van der Waals surface area contributed by atoms with Gasteiger partial charge in [-0.25, -0.2) is 0 Å². The lowest BCUT2D eigenvalue weighted by Crippen LogP contribution is -1.90. The summed E-state index contributed by atoms with van der Waals surface area (Å²) >= 11 is 6.00. The van der Waals surface area contributed by atoms with Crippen LogP contribution in [0.15, 0.2) is 36.4 Å². The third kappa shape index (κ3) is 1.94. The number of ether oxygens (including phenoxy) is 1. The molecule has 3 heteroatoms. The van der Waals surface area contributed by atoms with Crippen LogP contribution in [-0.2, 0) is 18.0 Å². The Kier molecular flexibility index (Phi) is 2.90. The van der Waals surface area contributed by atoms with Crippen LogP contribution in [0.3, 0.4) is 0 Å². The topological polar surface area (TPSA) is 26.3 Å². The Morgan fingerprint density at radius 3 is 2.72 bits per heavy atom. The minimum Gasteiger partial charge on any atom is -0.372 e. The van der Waals surface area contributed by atoms with Crippen molar-refractivity contribution in [1.29, 1.82) is 0 Å². The van der Waals surface area contributed by atoms with Crippen molar-refractivity contribution >= 4 is 17.9 Å². The van der Waals surface area contributed by atoms with Crippen LogP contribution in [0, 0.1) is 0 Å². The summed E-state index contributed by atoms with van der Waals surface area (Å²) in [5, 5.41) is 0.632. The first-order chi connectivity index (χ1) is 8.78. The molecule has 1 aliphatic rings. The smallest absolute Gasteiger partial charge is 0.150 e. The van der Waals surface area contributed by atoms with Crippen molar-refractivity contribution in [3.05, 3.63) is 58.1 Å². The van der Waals surface area contributed by atoms with Crippen LogP contribution >= 0.6 is 11.6 Å². The van der Waals surface area contributed by atoms with Crippen LogP contribution in [0.25, 0.3) is 11.1 Å². The molecule has 0 aliphatic carbocycles. The zero-order valence-corrected chi connectivity index (χ0v) is 10.4. The molecule has 0 saturated heterocycles. The monoisotopic (exact) mass is 258 g/mol. The quantitative estimate of drug-likeness (QED) is 0.765. The van der Waals surface area contributed by atoms with E-state index in [1.165, 1.54) is 11.1 Å². The van der Waals surface area contributed by atoms with Gasteiger partial charge in [-0.1, -0.05) is 23.7 Å². The van der Waals surface area contributed by atoms with Gasteiger partial charge in [0, 0.05) is 10.6 Å². The molecule has 0 fully saturated rings. The van der Waals surface area contributed by atoms with E-state index >= 15 is 0 Å². The van der Waals surface area contributed by atoms with Crippen molar-refractivity contribution in [2.75, 3.05) is 0 Å². The van der Waals surface area contributed by atoms with Crippen LogP contribution < -0.4 is 0 Å². The van der Waals surface area contributed by atoms with Gasteiger partial charge in [0.15, 0.2) is 6.29 Å². The van der Waals surface area contributed by atoms with E-state index in [9.17, 15) is 4.79 Å². The van der Waals surface area contributed by atoms with Gasteiger partial charge in [0.2, 0.25) is 0 Å². The lowest BCUT2D eigenvalue weighted by Gasteiger charge is -2.07. The molecule has 1 heterocycles. The molecule has 2 aromatic rings. The summed E-state index contributed by atoms with van der Waals surface area (Å²) in [4.78, 5) is 11.1. The Morgan fingerprint density at radius 2 is 1.89 bits per heavy atom. The number of benzene rings is 2. The Hall–Kier alpha value is -1.64. The maximum Gasteiger partial charge on any atom is 0.150 e. The number of hydrogen-bond donors (Lipinski definition) is 0. The third-order valence-electron chi connectivity index (χ3n) is 3.17. The zero-order chi connectivity index (χ0) is 12.5. The molecule has 0 amide bonds. The van der Waals surface area contributed by atoms with E-state index in [0.717, 1.165) is 17.4 Å². The van der Waals surface area contributed by atoms with E-state index in [0.29, 0.717) is 23.8 Å². The van der Waals surface area contributed by atoms with Gasteiger partial charge in [0.1, 0.15) is 0 Å². The lowest BCUT2D eigenvalue weighted by molar-refractivity contribution is 0.112. The second-order valence-electron chi connectivity index (χ2n) is 4.33. The summed E-state index contributed by atoms with van der Waals surface area (Å²) in [6, 6.07) is 11.4. The first-order valence-electron chi connectivity index (χ1n) is 5.72. The van der Waals surface area contributed by atoms with Gasteiger partial charge in [-0.2, -0.15) is 0 Å². The maximum absolute atomic E-state index is 11.1. The largest absolute Gasteiger partial charge is 0.372 e. The average molecular weight is 259 g/mol. The van der Waals surface area contributed by atoms with Crippen molar-refractivity contribution in [3.63, 3.8) is 0 Å². The molecule has 3 rings (SSSR count). The van der Waals surface area contributed by atoms with E-state index < -0.39 is 0 Å². The van der Waals surface area contributed by atoms with Crippen molar-refractivity contribution in [2.24, 2.45) is 0 Å². The Labute approximate surface area is 110 Å². The van der Waals surface area contributed by atoms with Crippen molar-refractivity contribution in [3.8, 4) is 11.1 Å². The minimum absolute atomic E-state index is 0.632. The average Bonchev–Trinajstić information content (AvgIpc) is 2.85. The molecule has 2 aromatic carbocycles. The standard InChI is InChI=1S/C15H11ClO2/c16-14-4-3-11(7-17)15(6-14)10-1-2-12-8-18-9-13(12)5-10/h1-7H,8-9H2. The van der Waals surface area contributed by atoms with E-state index in [4.69, 9.17) is 16.3 Å². The van der Waals surface area contributed by atoms with Crippen LogP contribution in [0.1, 0.15) is 21.5 Å². The molecule has 0 unspecified atom stereocenters. The molecule has 0 bridgehead atoms. The lowest BCUT2D eigenvalue weighted by atomic mass is 9.97. The summed E-state index contributed by atoms with van der Waals surface area (Å²) in [7, 11) is 0. The van der Waals surface area contributed by atoms with Gasteiger partial charge in [0.05, 0.1) is 13.2 Å². The normalized spacial score (nSPS) is 13.4. The van der Waals surface area contributed by atoms with E-state index in [2.05, 4.69) is 6.07 Å². The number of halogens is 1. The van der Waals surface area contributed by atoms with Crippen molar-refractivity contribution in [1.82, 2.24) is 0 Å². The van der Waals surface area contributed by atoms with Crippen LogP contribution in [0.2, 0.25) is 5.02 Å². The highest BCUT2D eigenvalue weighted by Crippen LogP contribution is 2.30. The maximum atomic E-state index is 11.1. The number of carbonyl (C=O) groups excluding carboxylic acids is 1. The number of aldehydes is 1. The summed E-state index contributed by atoms with van der Waals surface area (Å²) in [5.41, 5.74) is 4.92. The van der Waals surface area contributed by atoms with Crippen LogP contribution in [0.4, 0.5) is 0 Å². The molecule has 0 radical (unpaired) electrons. The molecule has 0 aromatic heterocycles. The summed E-state index contributed by atoms with van der Waals surface area (Å²) < 4.78 is 5.39. The fourth-order valence-electron chi connectivity index (χ4n) is 2.22. The van der Waals surface area contributed by atoms with Crippen LogP contribution in [0.5, 0.6) is 0 Å². The first kappa shape index (κ1) is 11.5. The highest BCUT2D eigenvalue weighted by Gasteiger charge is 2.13. The molecule has 2 nitrogen and oxygen atoms in total. The number of fused-ring (bicyclic) bond motifs is 1. The fraction of sp³-hybridized carbons (Fsp3) is 0.133. The SMILES string of the molecule is O=Cc1ccc(Cl)cc1-c1ccc2c(c1)COC2. The van der Waals surface area contributed by atoms with Gasteiger partial charge in [-0.05, 0) is 46.5 Å². The zero-order valence-electron chi connectivity index (χ0n) is 9.65. The molecule has 90 valence electrons. The molecule has 0 N–H and O–H groups in total. The highest BCUT2D eigenvalue weighted by molar-refractivity contribution is 6.31. The molecular weight excluding hydrogens is 248 g/mol. The van der Waals surface area contributed by atoms with E-state index in [1.807, 2.05) is 18.2 Å². The van der Waals surface area contributed by atoms with E-state index in [1.54, 1.807) is 12.1 Å². The number of hydrogen-bond acceptors (Lipinski definition) is 2.